The number of allylic oxidation sites excluding steroid dienone is 2. The van der Waals surface area contributed by atoms with Crippen LogP contribution in [0.3, 0.4) is 0 Å². The minimum absolute atomic E-state index is 0.0627. The molecule has 1 atom stereocenters. The predicted octanol–water partition coefficient (Wildman–Crippen LogP) is 7.12. The molecule has 0 radical (unpaired) electrons. The molecule has 0 amide bonds. The van der Waals surface area contributed by atoms with Crippen LogP contribution in [0.15, 0.2) is 64.9 Å². The number of nitrogens with one attached hydrogen (secondary N) is 1. The Bertz CT molecular complexity index is 1310. The van der Waals surface area contributed by atoms with Gasteiger partial charge in [0.25, 0.3) is 0 Å². The maximum atomic E-state index is 13.1. The number of benzene rings is 2. The number of nitrogens with zero attached hydrogens (tertiary/aromatic N) is 1. The van der Waals surface area contributed by atoms with Crippen LogP contribution in [0.25, 0.3) is 10.9 Å². The third kappa shape index (κ3) is 5.80. The van der Waals surface area contributed by atoms with Crippen molar-refractivity contribution in [2.75, 3.05) is 6.54 Å². The molecule has 2 N–H and O–H groups in total. The van der Waals surface area contributed by atoms with Gasteiger partial charge in [0.05, 0.1) is 5.57 Å². The summed E-state index contributed by atoms with van der Waals surface area (Å²) in [7, 11) is 0. The molecule has 1 unspecified atom stereocenters. The molecule has 0 saturated carbocycles. The first kappa shape index (κ1) is 25.5. The van der Waals surface area contributed by atoms with Crippen molar-refractivity contribution >= 4 is 22.4 Å². The summed E-state index contributed by atoms with van der Waals surface area (Å²) in [5.41, 5.74) is 4.32. The molecule has 2 aromatic carbocycles. The van der Waals surface area contributed by atoms with Crippen molar-refractivity contribution in [3.05, 3.63) is 76.7 Å². The number of hydrogen-bond acceptors (Lipinski definition) is 4. The second kappa shape index (κ2) is 10.6. The van der Waals surface area contributed by atoms with Crippen LogP contribution >= 0.6 is 0 Å². The number of H-pyrrole nitrogens is 1. The molecule has 1 aliphatic carbocycles. The molecule has 1 aliphatic rings. The molecule has 1 heterocycles. The summed E-state index contributed by atoms with van der Waals surface area (Å²) < 4.78 is 42.1. The van der Waals surface area contributed by atoms with E-state index in [1.807, 2.05) is 44.2 Å². The Kier molecular flexibility index (Phi) is 7.52. The van der Waals surface area contributed by atoms with E-state index in [0.29, 0.717) is 54.4 Å². The van der Waals surface area contributed by atoms with E-state index in [9.17, 15) is 23.1 Å². The van der Waals surface area contributed by atoms with Crippen LogP contribution in [0.4, 0.5) is 13.2 Å². The van der Waals surface area contributed by atoms with Gasteiger partial charge in [-0.05, 0) is 55.0 Å². The lowest BCUT2D eigenvalue weighted by atomic mass is 9.81. The Labute approximate surface area is 207 Å². The number of carbonyl (C=O) groups is 1. The number of aliphatic hydroxyl groups excluding tert-OH is 1. The summed E-state index contributed by atoms with van der Waals surface area (Å²) in [4.78, 5) is 21.0. The number of ketones is 1. The van der Waals surface area contributed by atoms with E-state index in [1.54, 1.807) is 6.07 Å². The Hall–Kier alpha value is -3.55. The topological polar surface area (TPSA) is 74.7 Å². The molecule has 0 fully saturated rings. The van der Waals surface area contributed by atoms with Crippen molar-refractivity contribution in [1.29, 1.82) is 0 Å². The van der Waals surface area contributed by atoms with Gasteiger partial charge in [-0.2, -0.15) is 0 Å². The Morgan fingerprint density at radius 1 is 1.17 bits per heavy atom. The lowest BCUT2D eigenvalue weighted by Crippen LogP contribution is -2.24. The highest BCUT2D eigenvalue weighted by Crippen LogP contribution is 2.35. The monoisotopic (exact) mass is 498 g/mol. The Balaban J connectivity index is 1.56. The van der Waals surface area contributed by atoms with Gasteiger partial charge >= 0.3 is 6.36 Å². The third-order valence-electron chi connectivity index (χ3n) is 6.47. The molecule has 0 spiro atoms. The summed E-state index contributed by atoms with van der Waals surface area (Å²) in [6, 6.07) is 13.9. The van der Waals surface area contributed by atoms with E-state index >= 15 is 0 Å². The van der Waals surface area contributed by atoms with E-state index in [1.165, 1.54) is 12.1 Å². The van der Waals surface area contributed by atoms with Gasteiger partial charge in [-0.25, -0.2) is 0 Å². The second-order valence-electron chi connectivity index (χ2n) is 9.07. The lowest BCUT2D eigenvalue weighted by Gasteiger charge is -2.24. The molecular formula is C28H29F3N2O3. The summed E-state index contributed by atoms with van der Waals surface area (Å²) in [6.07, 6.45) is -2.29. The van der Waals surface area contributed by atoms with Crippen molar-refractivity contribution in [3.8, 4) is 5.75 Å². The largest absolute Gasteiger partial charge is 0.573 e. The zero-order valence-electron chi connectivity index (χ0n) is 20.3. The average molecular weight is 499 g/mol. The first-order valence-corrected chi connectivity index (χ1v) is 12.1. The molecule has 5 nitrogen and oxygen atoms in total. The molecule has 1 aromatic heterocycles. The van der Waals surface area contributed by atoms with E-state index in [4.69, 9.17) is 4.99 Å². The van der Waals surface area contributed by atoms with Crippen LogP contribution < -0.4 is 4.74 Å². The van der Waals surface area contributed by atoms with Crippen molar-refractivity contribution in [2.45, 2.75) is 58.2 Å². The molecule has 4 rings (SSSR count). The van der Waals surface area contributed by atoms with Gasteiger partial charge in [0.1, 0.15) is 11.5 Å². The summed E-state index contributed by atoms with van der Waals surface area (Å²) in [6.45, 7) is 4.18. The molecule has 3 aromatic rings. The highest BCUT2D eigenvalue weighted by molar-refractivity contribution is 6.23. The fourth-order valence-corrected chi connectivity index (χ4v) is 4.89. The number of Topliss-reactive ketones (excluding diaryl/α,β-unsaturated/α-hetero) is 1. The Morgan fingerprint density at radius 2 is 1.92 bits per heavy atom. The van der Waals surface area contributed by atoms with Crippen molar-refractivity contribution in [2.24, 2.45) is 4.99 Å². The number of fused-ring (bicyclic) bond motifs is 1. The van der Waals surface area contributed by atoms with E-state index in [2.05, 4.69) is 9.72 Å². The second-order valence-corrected chi connectivity index (χ2v) is 9.07. The number of rotatable bonds is 8. The lowest BCUT2D eigenvalue weighted by molar-refractivity contribution is -0.274. The number of ether oxygens (including phenoxy) is 1. The molecule has 36 heavy (non-hydrogen) atoms. The van der Waals surface area contributed by atoms with Gasteiger partial charge in [-0.3, -0.25) is 9.79 Å². The van der Waals surface area contributed by atoms with Crippen LogP contribution in [0.2, 0.25) is 0 Å². The number of hydrogen-bond donors (Lipinski definition) is 2. The number of alkyl halides is 3. The van der Waals surface area contributed by atoms with Crippen LogP contribution in [0.1, 0.15) is 55.3 Å². The van der Waals surface area contributed by atoms with Gasteiger partial charge < -0.3 is 14.8 Å². The molecule has 0 bridgehead atoms. The number of aliphatic hydroxyl groups is 1. The number of carbonyl (C=O) groups excluding carboxylic acids is 1. The zero-order chi connectivity index (χ0) is 25.9. The van der Waals surface area contributed by atoms with Gasteiger partial charge in [-0.1, -0.05) is 43.7 Å². The number of aryl methyl sites for hydroxylation is 1. The van der Waals surface area contributed by atoms with Crippen molar-refractivity contribution in [1.82, 2.24) is 4.98 Å². The molecule has 8 heteroatoms. The van der Waals surface area contributed by atoms with Gasteiger partial charge in [-0.15, -0.1) is 13.2 Å². The van der Waals surface area contributed by atoms with Crippen molar-refractivity contribution < 1.29 is 27.8 Å². The number of halogens is 3. The van der Waals surface area contributed by atoms with Crippen LogP contribution in [-0.4, -0.2) is 34.5 Å². The number of aliphatic imine (C=N–C) groups is 1. The van der Waals surface area contributed by atoms with Gasteiger partial charge in [0.15, 0.2) is 5.78 Å². The van der Waals surface area contributed by atoms with E-state index in [0.717, 1.165) is 23.2 Å². The summed E-state index contributed by atoms with van der Waals surface area (Å²) >= 11 is 0. The van der Waals surface area contributed by atoms with E-state index in [-0.39, 0.29) is 23.2 Å². The minimum atomic E-state index is -4.76. The quantitative estimate of drug-likeness (QED) is 0.325. The highest BCUT2D eigenvalue weighted by atomic mass is 19.4. The fraction of sp³-hybridized carbons (Fsp3) is 0.357. The SMILES string of the molecule is CCCC(=NCCc1c(C)[nH]c2ccc(OC(F)(F)F)cc12)C1=C(O)CC(c2ccccc2)CC1=O. The van der Waals surface area contributed by atoms with Crippen molar-refractivity contribution in [3.63, 3.8) is 0 Å². The first-order chi connectivity index (χ1) is 17.2. The summed E-state index contributed by atoms with van der Waals surface area (Å²) in [5, 5.41) is 11.5. The third-order valence-corrected chi connectivity index (χ3v) is 6.47. The minimum Gasteiger partial charge on any atom is -0.511 e. The van der Waals surface area contributed by atoms with Gasteiger partial charge in [0.2, 0.25) is 0 Å². The maximum absolute atomic E-state index is 13.1. The maximum Gasteiger partial charge on any atom is 0.573 e. The summed E-state index contributed by atoms with van der Waals surface area (Å²) in [5.74, 6) is -0.380. The van der Waals surface area contributed by atoms with Crippen LogP contribution in [-0.2, 0) is 11.2 Å². The zero-order valence-corrected chi connectivity index (χ0v) is 20.3. The first-order valence-electron chi connectivity index (χ1n) is 12.1. The normalized spacial score (nSPS) is 17.2. The molecule has 0 saturated heterocycles. The average Bonchev–Trinajstić information content (AvgIpc) is 3.12. The smallest absolute Gasteiger partial charge is 0.511 e. The number of aromatic nitrogens is 1. The van der Waals surface area contributed by atoms with Crippen LogP contribution in [0, 0.1) is 6.92 Å². The Morgan fingerprint density at radius 3 is 2.58 bits per heavy atom. The number of aromatic amines is 1. The van der Waals surface area contributed by atoms with Gasteiger partial charge in [0, 0.05) is 41.7 Å². The molecule has 190 valence electrons. The predicted molar refractivity (Wildman–Crippen MR) is 134 cm³/mol. The van der Waals surface area contributed by atoms with Crippen LogP contribution in [0.5, 0.6) is 5.75 Å². The van der Waals surface area contributed by atoms with E-state index < -0.39 is 6.36 Å². The standard InChI is InChI=1S/C28H29F3N2O3/c1-3-7-24(27-25(34)14-19(15-26(27)35)18-8-5-4-6-9-18)32-13-12-21-17(2)33-23-11-10-20(16-22(21)23)36-28(29,30)31/h4-6,8-11,16,19,33-34H,3,7,12-15H2,1-2H3. The highest BCUT2D eigenvalue weighted by Gasteiger charge is 2.32. The molecular weight excluding hydrogens is 469 g/mol. The fourth-order valence-electron chi connectivity index (χ4n) is 4.89. The molecule has 0 aliphatic heterocycles.